The second-order valence-corrected chi connectivity index (χ2v) is 7.96. The molecule has 170 valence electrons. The van der Waals surface area contributed by atoms with E-state index in [4.69, 9.17) is 10.3 Å². The number of rotatable bonds is 9. The summed E-state index contributed by atoms with van der Waals surface area (Å²) in [4.78, 5) is 46.1. The Labute approximate surface area is 185 Å². The molecule has 0 atom stereocenters. The first-order valence-electron chi connectivity index (χ1n) is 10.6. The number of carbonyl (C=O) groups excluding carboxylic acids is 1. The quantitative estimate of drug-likeness (QED) is 0.521. The number of anilines is 2. The highest BCUT2D eigenvalue weighted by atomic mass is 16.5. The van der Waals surface area contributed by atoms with Gasteiger partial charge in [0.15, 0.2) is 17.1 Å². The third kappa shape index (κ3) is 4.96. The minimum atomic E-state index is -0.715. The summed E-state index contributed by atoms with van der Waals surface area (Å²) in [5.41, 5.74) is 5.56. The number of hydrogen-bond donors (Lipinski definition) is 2. The van der Waals surface area contributed by atoms with Crippen LogP contribution in [0.2, 0.25) is 0 Å². The van der Waals surface area contributed by atoms with Crippen LogP contribution in [0.3, 0.4) is 0 Å². The van der Waals surface area contributed by atoms with Gasteiger partial charge in [0, 0.05) is 37.1 Å². The zero-order valence-electron chi connectivity index (χ0n) is 18.5. The van der Waals surface area contributed by atoms with Gasteiger partial charge >= 0.3 is 5.69 Å². The van der Waals surface area contributed by atoms with Crippen LogP contribution in [0.5, 0.6) is 0 Å². The molecule has 0 saturated heterocycles. The number of amides is 1. The van der Waals surface area contributed by atoms with Crippen molar-refractivity contribution >= 4 is 17.4 Å². The molecule has 3 aromatic heterocycles. The highest BCUT2D eigenvalue weighted by molar-refractivity contribution is 6.06. The number of nitrogens with one attached hydrogen (secondary N) is 1. The van der Waals surface area contributed by atoms with Crippen LogP contribution >= 0.6 is 0 Å². The smallest absolute Gasteiger partial charge is 0.330 e. The Balaban J connectivity index is 2.04. The molecule has 0 unspecified atom stereocenters. The number of nitrogens with zero attached hydrogens (tertiary/aromatic N) is 4. The zero-order chi connectivity index (χ0) is 23.3. The maximum Gasteiger partial charge on any atom is 0.330 e. The van der Waals surface area contributed by atoms with Gasteiger partial charge in [-0.2, -0.15) is 0 Å². The summed E-state index contributed by atoms with van der Waals surface area (Å²) < 4.78 is 6.62. The minimum absolute atomic E-state index is 0.0257. The van der Waals surface area contributed by atoms with E-state index in [1.807, 2.05) is 20.8 Å². The molecule has 0 radical (unpaired) electrons. The summed E-state index contributed by atoms with van der Waals surface area (Å²) >= 11 is 0. The van der Waals surface area contributed by atoms with Crippen LogP contribution in [0, 0.1) is 5.92 Å². The maximum atomic E-state index is 13.4. The van der Waals surface area contributed by atoms with Crippen molar-refractivity contribution in [1.82, 2.24) is 19.7 Å². The van der Waals surface area contributed by atoms with Crippen LogP contribution in [0.25, 0.3) is 11.3 Å². The lowest BCUT2D eigenvalue weighted by Gasteiger charge is -2.24. The highest BCUT2D eigenvalue weighted by Gasteiger charge is 2.27. The van der Waals surface area contributed by atoms with Crippen molar-refractivity contribution in [2.45, 2.75) is 46.6 Å². The Kier molecular flexibility index (Phi) is 7.24. The summed E-state index contributed by atoms with van der Waals surface area (Å²) in [7, 11) is 0. The van der Waals surface area contributed by atoms with Crippen molar-refractivity contribution in [1.29, 1.82) is 0 Å². The lowest BCUT2D eigenvalue weighted by atomic mass is 10.1. The maximum absolute atomic E-state index is 13.4. The average Bonchev–Trinajstić information content (AvgIpc) is 3.26. The van der Waals surface area contributed by atoms with E-state index in [9.17, 15) is 14.4 Å². The lowest BCUT2D eigenvalue weighted by molar-refractivity contribution is 0.0977. The predicted octanol–water partition coefficient (Wildman–Crippen LogP) is 2.66. The van der Waals surface area contributed by atoms with Crippen LogP contribution in [0.1, 0.15) is 50.5 Å². The number of pyridine rings is 1. The van der Waals surface area contributed by atoms with Gasteiger partial charge in [-0.25, -0.2) is 4.79 Å². The SMILES string of the molecule is CCCCn1c(N)c(N(CCC(C)C)C(=O)c2cc(-c3cccnc3)on2)c(=O)[nH]c1=O. The first kappa shape index (κ1) is 23.0. The van der Waals surface area contributed by atoms with E-state index in [2.05, 4.69) is 15.1 Å². The Morgan fingerprint density at radius 1 is 1.34 bits per heavy atom. The molecule has 0 aliphatic heterocycles. The van der Waals surface area contributed by atoms with Gasteiger partial charge in [-0.3, -0.25) is 29.0 Å². The topological polar surface area (TPSA) is 140 Å². The van der Waals surface area contributed by atoms with Crippen molar-refractivity contribution in [3.63, 3.8) is 0 Å². The van der Waals surface area contributed by atoms with Crippen LogP contribution in [-0.4, -0.2) is 32.1 Å². The molecule has 0 aromatic carbocycles. The number of aromatic amines is 1. The molecule has 32 heavy (non-hydrogen) atoms. The second kappa shape index (κ2) is 10.1. The molecule has 10 nitrogen and oxygen atoms in total. The minimum Gasteiger partial charge on any atom is -0.383 e. The fourth-order valence-electron chi connectivity index (χ4n) is 3.24. The Morgan fingerprint density at radius 2 is 2.12 bits per heavy atom. The van der Waals surface area contributed by atoms with Gasteiger partial charge in [0.25, 0.3) is 11.5 Å². The van der Waals surface area contributed by atoms with Crippen molar-refractivity contribution in [3.8, 4) is 11.3 Å². The van der Waals surface area contributed by atoms with E-state index in [1.54, 1.807) is 24.5 Å². The number of nitrogens with two attached hydrogens (primary N) is 1. The molecule has 3 heterocycles. The summed E-state index contributed by atoms with van der Waals surface area (Å²) in [6.45, 7) is 6.57. The molecule has 0 aliphatic rings. The number of unbranched alkanes of at least 4 members (excludes halogenated alkanes) is 1. The molecule has 0 spiro atoms. The van der Waals surface area contributed by atoms with Gasteiger partial charge in [0.05, 0.1) is 0 Å². The molecular formula is C22H28N6O4. The molecule has 3 rings (SSSR count). The molecular weight excluding hydrogens is 412 g/mol. The van der Waals surface area contributed by atoms with Crippen LogP contribution in [0.4, 0.5) is 11.5 Å². The summed E-state index contributed by atoms with van der Waals surface area (Å²) in [6, 6.07) is 5.03. The zero-order valence-corrected chi connectivity index (χ0v) is 18.5. The summed E-state index contributed by atoms with van der Waals surface area (Å²) in [6.07, 6.45) is 5.38. The van der Waals surface area contributed by atoms with Gasteiger partial charge in [-0.15, -0.1) is 0 Å². The summed E-state index contributed by atoms with van der Waals surface area (Å²) in [5, 5.41) is 3.90. The largest absolute Gasteiger partial charge is 0.383 e. The van der Waals surface area contributed by atoms with Crippen molar-refractivity contribution in [3.05, 3.63) is 57.1 Å². The lowest BCUT2D eigenvalue weighted by Crippen LogP contribution is -2.42. The van der Waals surface area contributed by atoms with E-state index >= 15 is 0 Å². The van der Waals surface area contributed by atoms with E-state index in [0.717, 1.165) is 6.42 Å². The predicted molar refractivity (Wildman–Crippen MR) is 122 cm³/mol. The molecule has 0 saturated carbocycles. The fraction of sp³-hybridized carbons (Fsp3) is 0.409. The fourth-order valence-corrected chi connectivity index (χ4v) is 3.24. The van der Waals surface area contributed by atoms with Crippen LogP contribution in [-0.2, 0) is 6.54 Å². The van der Waals surface area contributed by atoms with Gasteiger partial charge in [0.1, 0.15) is 5.82 Å². The molecule has 1 amide bonds. The van der Waals surface area contributed by atoms with Gasteiger partial charge in [-0.1, -0.05) is 32.3 Å². The molecule has 3 aromatic rings. The Hall–Kier alpha value is -3.69. The van der Waals surface area contributed by atoms with Gasteiger partial charge < -0.3 is 10.3 Å². The number of aromatic nitrogens is 4. The normalized spacial score (nSPS) is 11.1. The summed E-state index contributed by atoms with van der Waals surface area (Å²) in [5.74, 6) is 0.0580. The average molecular weight is 441 g/mol. The van der Waals surface area contributed by atoms with Crippen molar-refractivity contribution < 1.29 is 9.32 Å². The van der Waals surface area contributed by atoms with Crippen molar-refractivity contribution in [2.24, 2.45) is 5.92 Å². The molecule has 3 N–H and O–H groups in total. The monoisotopic (exact) mass is 440 g/mol. The van der Waals surface area contributed by atoms with Crippen LogP contribution < -0.4 is 21.9 Å². The first-order valence-corrected chi connectivity index (χ1v) is 10.6. The Morgan fingerprint density at radius 3 is 2.78 bits per heavy atom. The molecule has 0 bridgehead atoms. The van der Waals surface area contributed by atoms with E-state index in [-0.39, 0.29) is 29.7 Å². The van der Waals surface area contributed by atoms with Crippen molar-refractivity contribution in [2.75, 3.05) is 17.2 Å². The standard InChI is InChI=1S/C22H28N6O4/c1-4-5-10-28-19(23)18(20(29)25-22(28)31)27(11-8-14(2)3)21(30)16-12-17(32-26-16)15-7-6-9-24-13-15/h6-7,9,12-14H,4-5,8,10-11,23H2,1-3H3,(H,25,29,31). The van der Waals surface area contributed by atoms with E-state index in [1.165, 1.54) is 15.5 Å². The number of H-pyrrole nitrogens is 1. The number of nitrogen functional groups attached to an aromatic ring is 1. The number of carbonyl (C=O) groups is 1. The third-order valence-electron chi connectivity index (χ3n) is 5.07. The number of hydrogen-bond acceptors (Lipinski definition) is 7. The molecule has 0 aliphatic carbocycles. The van der Waals surface area contributed by atoms with Gasteiger partial charge in [-0.05, 0) is 30.9 Å². The van der Waals surface area contributed by atoms with E-state index in [0.29, 0.717) is 30.7 Å². The van der Waals surface area contributed by atoms with Gasteiger partial charge in [0.2, 0.25) is 0 Å². The third-order valence-corrected chi connectivity index (χ3v) is 5.07. The molecule has 0 fully saturated rings. The second-order valence-electron chi connectivity index (χ2n) is 7.96. The first-order chi connectivity index (χ1) is 15.3. The highest BCUT2D eigenvalue weighted by Crippen LogP contribution is 2.24. The van der Waals surface area contributed by atoms with E-state index < -0.39 is 17.2 Å². The molecule has 10 heteroatoms. The van der Waals surface area contributed by atoms with Crippen LogP contribution in [0.15, 0.2) is 44.7 Å². The Bertz CT molecular complexity index is 1180.